The maximum absolute atomic E-state index is 10.7. The minimum Gasteiger partial charge on any atom is -0.297 e. The molecule has 0 unspecified atom stereocenters. The summed E-state index contributed by atoms with van der Waals surface area (Å²) in [4.78, 5) is 14.8. The van der Waals surface area contributed by atoms with Crippen molar-refractivity contribution in [2.45, 2.75) is 13.8 Å². The molecule has 0 N–H and O–H groups in total. The van der Waals surface area contributed by atoms with Crippen molar-refractivity contribution < 1.29 is 4.79 Å². The van der Waals surface area contributed by atoms with Crippen LogP contribution in [0.1, 0.15) is 21.9 Å². The van der Waals surface area contributed by atoms with Gasteiger partial charge in [0.1, 0.15) is 0 Å². The predicted molar refractivity (Wildman–Crippen MR) is 50.1 cm³/mol. The van der Waals surface area contributed by atoms with Crippen LogP contribution in [0.25, 0.3) is 5.52 Å². The average Bonchev–Trinajstić information content (AvgIpc) is 2.44. The fraction of sp³-hybridized carbons (Fsp3) is 0.200. The molecule has 2 aromatic heterocycles. The van der Waals surface area contributed by atoms with Gasteiger partial charge in [0.2, 0.25) is 0 Å². The third-order valence-corrected chi connectivity index (χ3v) is 2.17. The molecule has 0 fully saturated rings. The van der Waals surface area contributed by atoms with Gasteiger partial charge in [0.25, 0.3) is 0 Å². The second-order valence-electron chi connectivity index (χ2n) is 3.08. The van der Waals surface area contributed by atoms with Crippen LogP contribution < -0.4 is 0 Å². The summed E-state index contributed by atoms with van der Waals surface area (Å²) in [5.74, 6) is 0.469. The molecule has 2 rings (SSSR count). The molecule has 3 heteroatoms. The maximum atomic E-state index is 10.7. The van der Waals surface area contributed by atoms with Crippen LogP contribution in [0, 0.1) is 13.8 Å². The molecular weight excluding hydrogens is 164 g/mol. The highest BCUT2D eigenvalue weighted by atomic mass is 16.1. The Morgan fingerprint density at radius 1 is 1.46 bits per heavy atom. The Hall–Kier alpha value is -1.64. The normalized spacial score (nSPS) is 10.6. The highest BCUT2D eigenvalue weighted by Gasteiger charge is 2.07. The van der Waals surface area contributed by atoms with Gasteiger partial charge in [-0.2, -0.15) is 0 Å². The zero-order chi connectivity index (χ0) is 9.42. The SMILES string of the molecule is Cc1cccn2c(C=O)nc(C)c12. The molecule has 0 atom stereocenters. The number of aromatic nitrogens is 2. The topological polar surface area (TPSA) is 34.4 Å². The van der Waals surface area contributed by atoms with Crippen LogP contribution in [-0.2, 0) is 0 Å². The van der Waals surface area contributed by atoms with Gasteiger partial charge in [-0.3, -0.25) is 9.20 Å². The Kier molecular flexibility index (Phi) is 1.65. The van der Waals surface area contributed by atoms with Crippen molar-refractivity contribution in [3.8, 4) is 0 Å². The standard InChI is InChI=1S/C10H10N2O/c1-7-4-3-5-12-9(6-13)11-8(2)10(7)12/h3-6H,1-2H3. The van der Waals surface area contributed by atoms with Crippen LogP contribution >= 0.6 is 0 Å². The Morgan fingerprint density at radius 2 is 2.23 bits per heavy atom. The number of carbonyl (C=O) groups excluding carboxylic acids is 1. The van der Waals surface area contributed by atoms with Crippen LogP contribution in [-0.4, -0.2) is 15.7 Å². The predicted octanol–water partition coefficient (Wildman–Crippen LogP) is 1.76. The monoisotopic (exact) mass is 174 g/mol. The summed E-state index contributed by atoms with van der Waals surface area (Å²) < 4.78 is 1.82. The van der Waals surface area contributed by atoms with E-state index in [1.807, 2.05) is 36.6 Å². The number of aryl methyl sites for hydroxylation is 2. The smallest absolute Gasteiger partial charge is 0.185 e. The molecular formula is C10H10N2O. The molecule has 66 valence electrons. The molecule has 0 aromatic carbocycles. The van der Waals surface area contributed by atoms with E-state index >= 15 is 0 Å². The first-order valence-electron chi connectivity index (χ1n) is 4.13. The Bertz CT molecular complexity index is 471. The van der Waals surface area contributed by atoms with E-state index in [1.54, 1.807) is 0 Å². The van der Waals surface area contributed by atoms with Crippen molar-refractivity contribution in [2.24, 2.45) is 0 Å². The maximum Gasteiger partial charge on any atom is 0.185 e. The summed E-state index contributed by atoms with van der Waals surface area (Å²) in [6.45, 7) is 3.92. The van der Waals surface area contributed by atoms with E-state index in [1.165, 1.54) is 0 Å². The number of hydrogen-bond acceptors (Lipinski definition) is 2. The van der Waals surface area contributed by atoms with E-state index in [9.17, 15) is 4.79 Å². The first-order chi connectivity index (χ1) is 6.24. The van der Waals surface area contributed by atoms with Gasteiger partial charge in [0, 0.05) is 6.20 Å². The highest BCUT2D eigenvalue weighted by molar-refractivity contribution is 5.74. The first kappa shape index (κ1) is 7.98. The van der Waals surface area contributed by atoms with Crippen molar-refractivity contribution in [3.05, 3.63) is 35.4 Å². The molecule has 0 aliphatic heterocycles. The molecule has 0 aliphatic carbocycles. The van der Waals surface area contributed by atoms with Crippen LogP contribution in [0.2, 0.25) is 0 Å². The van der Waals surface area contributed by atoms with E-state index in [0.29, 0.717) is 5.82 Å². The molecule has 0 saturated heterocycles. The van der Waals surface area contributed by atoms with Gasteiger partial charge >= 0.3 is 0 Å². The molecule has 2 aromatic rings. The van der Waals surface area contributed by atoms with Crippen LogP contribution in [0.3, 0.4) is 0 Å². The van der Waals surface area contributed by atoms with Gasteiger partial charge in [-0.05, 0) is 25.5 Å². The van der Waals surface area contributed by atoms with Crippen LogP contribution in [0.15, 0.2) is 18.3 Å². The van der Waals surface area contributed by atoms with Gasteiger partial charge in [0.05, 0.1) is 11.2 Å². The zero-order valence-electron chi connectivity index (χ0n) is 7.61. The zero-order valence-corrected chi connectivity index (χ0v) is 7.61. The lowest BCUT2D eigenvalue weighted by Gasteiger charge is -1.98. The number of fused-ring (bicyclic) bond motifs is 1. The average molecular weight is 174 g/mol. The van der Waals surface area contributed by atoms with Crippen molar-refractivity contribution in [2.75, 3.05) is 0 Å². The van der Waals surface area contributed by atoms with E-state index in [0.717, 1.165) is 23.1 Å². The lowest BCUT2D eigenvalue weighted by atomic mass is 10.2. The molecule has 2 heterocycles. The third kappa shape index (κ3) is 1.04. The Morgan fingerprint density at radius 3 is 2.92 bits per heavy atom. The summed E-state index contributed by atoms with van der Waals surface area (Å²) in [5, 5.41) is 0. The molecule has 13 heavy (non-hydrogen) atoms. The van der Waals surface area contributed by atoms with E-state index in [2.05, 4.69) is 4.98 Å². The van der Waals surface area contributed by atoms with Crippen LogP contribution in [0.4, 0.5) is 0 Å². The number of nitrogens with zero attached hydrogens (tertiary/aromatic N) is 2. The number of imidazole rings is 1. The van der Waals surface area contributed by atoms with Crippen molar-refractivity contribution in [3.63, 3.8) is 0 Å². The summed E-state index contributed by atoms with van der Waals surface area (Å²) in [7, 11) is 0. The highest BCUT2D eigenvalue weighted by Crippen LogP contribution is 2.15. The summed E-state index contributed by atoms with van der Waals surface area (Å²) in [5.41, 5.74) is 3.07. The van der Waals surface area contributed by atoms with E-state index in [-0.39, 0.29) is 0 Å². The number of pyridine rings is 1. The molecule has 3 nitrogen and oxygen atoms in total. The van der Waals surface area contributed by atoms with Crippen molar-refractivity contribution in [1.29, 1.82) is 0 Å². The second-order valence-corrected chi connectivity index (χ2v) is 3.08. The lowest BCUT2D eigenvalue weighted by molar-refractivity contribution is 0.111. The quantitative estimate of drug-likeness (QED) is 0.617. The molecule has 0 spiro atoms. The lowest BCUT2D eigenvalue weighted by Crippen LogP contribution is -1.92. The second kappa shape index (κ2) is 2.69. The number of rotatable bonds is 1. The minimum absolute atomic E-state index is 0.469. The summed E-state index contributed by atoms with van der Waals surface area (Å²) in [6.07, 6.45) is 2.63. The number of hydrogen-bond donors (Lipinski definition) is 0. The molecule has 0 radical (unpaired) electrons. The van der Waals surface area contributed by atoms with Gasteiger partial charge in [-0.25, -0.2) is 4.98 Å². The number of carbonyl (C=O) groups is 1. The van der Waals surface area contributed by atoms with Crippen molar-refractivity contribution in [1.82, 2.24) is 9.38 Å². The summed E-state index contributed by atoms with van der Waals surface area (Å²) in [6, 6.07) is 3.93. The molecule has 0 aliphatic rings. The first-order valence-corrected chi connectivity index (χ1v) is 4.13. The third-order valence-electron chi connectivity index (χ3n) is 2.17. The Balaban J connectivity index is 2.95. The van der Waals surface area contributed by atoms with Gasteiger partial charge < -0.3 is 0 Å². The van der Waals surface area contributed by atoms with Gasteiger partial charge in [-0.1, -0.05) is 6.07 Å². The van der Waals surface area contributed by atoms with Crippen molar-refractivity contribution >= 4 is 11.8 Å². The molecule has 0 amide bonds. The number of aldehydes is 1. The molecule has 0 saturated carbocycles. The summed E-state index contributed by atoms with van der Waals surface area (Å²) >= 11 is 0. The largest absolute Gasteiger partial charge is 0.297 e. The fourth-order valence-electron chi connectivity index (χ4n) is 1.63. The fourth-order valence-corrected chi connectivity index (χ4v) is 1.63. The van der Waals surface area contributed by atoms with Gasteiger partial charge in [-0.15, -0.1) is 0 Å². The van der Waals surface area contributed by atoms with Crippen LogP contribution in [0.5, 0.6) is 0 Å². The Labute approximate surface area is 76.0 Å². The van der Waals surface area contributed by atoms with Gasteiger partial charge in [0.15, 0.2) is 12.1 Å². The van der Waals surface area contributed by atoms with E-state index < -0.39 is 0 Å². The van der Waals surface area contributed by atoms with E-state index in [4.69, 9.17) is 0 Å². The molecule has 0 bridgehead atoms. The minimum atomic E-state index is 0.469.